The molecule has 12 amide bonds. The molecule has 1 aliphatic carbocycles. The molecule has 4 unspecified atom stereocenters. The number of likely N-dealkylation sites (tertiary alicyclic amines) is 8. The van der Waals surface area contributed by atoms with E-state index in [4.69, 9.17) is 18.9 Å². The van der Waals surface area contributed by atoms with Crippen molar-refractivity contribution in [2.24, 2.45) is 102 Å². The number of nitrogens with zero attached hydrogens (tertiary/aromatic N) is 8. The van der Waals surface area contributed by atoms with Crippen LogP contribution in [0.15, 0.2) is 0 Å². The summed E-state index contributed by atoms with van der Waals surface area (Å²) in [6.45, 7) is 63.8. The predicted molar refractivity (Wildman–Crippen MR) is 548 cm³/mol. The van der Waals surface area contributed by atoms with Gasteiger partial charge in [-0.15, -0.1) is 0 Å². The Morgan fingerprint density at radius 3 is 0.763 bits per heavy atom. The van der Waals surface area contributed by atoms with Gasteiger partial charge in [-0.2, -0.15) is 0 Å². The van der Waals surface area contributed by atoms with E-state index in [-0.39, 0.29) is 123 Å². The summed E-state index contributed by atoms with van der Waals surface area (Å²) < 4.78 is 22.0. The molecule has 8 saturated heterocycles. The Morgan fingerprint density at radius 2 is 0.482 bits per heavy atom. The molecule has 0 bridgehead atoms. The number of carbonyl (C=O) groups is 14. The number of hydrogen-bond acceptors (Lipinski definition) is 18. The first-order chi connectivity index (χ1) is 64.9. The van der Waals surface area contributed by atoms with Gasteiger partial charge in [-0.3, -0.25) is 86.7 Å². The second-order valence-corrected chi connectivity index (χ2v) is 50.9. The van der Waals surface area contributed by atoms with Gasteiger partial charge in [0.05, 0.1) is 89.5 Å². The zero-order valence-electron chi connectivity index (χ0n) is 92.0. The molecule has 1 saturated carbocycles. The molecule has 26 heteroatoms. The average Bonchev–Trinajstić information content (AvgIpc) is 1.66. The lowest BCUT2D eigenvalue weighted by atomic mass is 9.75. The van der Waals surface area contributed by atoms with E-state index >= 15 is 0 Å². The van der Waals surface area contributed by atoms with Crippen LogP contribution in [0.4, 0.5) is 0 Å². The number of carbonyl (C=O) groups excluding carboxylic acids is 14. The minimum Gasteiger partial charge on any atom is -0.379 e. The maximum atomic E-state index is 12.8. The molecule has 0 aromatic heterocycles. The minimum absolute atomic E-state index is 0.00694. The second kappa shape index (κ2) is 56.9. The Hall–Kier alpha value is -6.38. The highest BCUT2D eigenvalue weighted by Crippen LogP contribution is 2.44. The third-order valence-electron chi connectivity index (χ3n) is 32.0. The standard InChI is InChI=1S/C32H54N2O4.C30H52N2O4.C28H50N2O7.C23H40N2O3/c1-31(2,3)25-17-19-33(20-18-25)28(36)12-10-8-7-9-11-27(35)24-15-13-23(14-16-24)22-34-29(37)21-26(30(34)38)32(4,5)6;1-29(2,3)23-17-20-31(21-18-23)26(34)16-12-8-7-10-14-24(33)15-11-9-13-19-32-27(35)22-25(28(32)36)30(4,5)6;1-27(2,3)22-7-10-29(11-8-22)24(31)9-13-34-15-17-36-19-20-37-18-16-35-14-12-30-25(32)21-23(26(30)33)28(4,5)6;1-22(2,3)17-11-14-24(15-12-17)19(26)10-8-7-9-13-25-20(27)16-18(21(25)28)23(4,5)6/h23-26H,7-22H2,1-6H3;23,25H,7-22H2,1-6H3;22-23H,7-21H2,1-6H3;17-18H,7-16H2,1-6H3. The fraction of sp³-hybridized carbons (Fsp3) is 0.876. The van der Waals surface area contributed by atoms with Crippen molar-refractivity contribution in [3.8, 4) is 0 Å². The van der Waals surface area contributed by atoms with Crippen LogP contribution in [-0.4, -0.2) is 253 Å². The van der Waals surface area contributed by atoms with Crippen molar-refractivity contribution in [3.05, 3.63) is 0 Å². The zero-order valence-corrected chi connectivity index (χ0v) is 92.0. The lowest BCUT2D eigenvalue weighted by molar-refractivity contribution is -0.142. The van der Waals surface area contributed by atoms with Gasteiger partial charge < -0.3 is 38.5 Å². The fourth-order valence-corrected chi connectivity index (χ4v) is 21.7. The van der Waals surface area contributed by atoms with Gasteiger partial charge in [0.1, 0.15) is 11.6 Å². The number of ether oxygens (including phenoxy) is 4. The van der Waals surface area contributed by atoms with Crippen molar-refractivity contribution in [1.82, 2.24) is 39.2 Å². The quantitative estimate of drug-likeness (QED) is 0.0404. The van der Waals surface area contributed by atoms with Crippen LogP contribution in [0.25, 0.3) is 0 Å². The highest BCUT2D eigenvalue weighted by molar-refractivity contribution is 6.06. The molecule has 9 rings (SSSR count). The molecule has 0 spiro atoms. The van der Waals surface area contributed by atoms with Gasteiger partial charge in [0.25, 0.3) is 0 Å². The van der Waals surface area contributed by atoms with Crippen LogP contribution in [-0.2, 0) is 86.1 Å². The van der Waals surface area contributed by atoms with Gasteiger partial charge in [0, 0.05) is 142 Å². The summed E-state index contributed by atoms with van der Waals surface area (Å²) in [6.07, 6.45) is 30.4. The summed E-state index contributed by atoms with van der Waals surface area (Å²) in [6, 6.07) is 0. The lowest BCUT2D eigenvalue weighted by Crippen LogP contribution is -2.41. The molecule has 4 atom stereocenters. The molecule has 0 aromatic rings. The van der Waals surface area contributed by atoms with Gasteiger partial charge in [-0.25, -0.2) is 0 Å². The molecule has 796 valence electrons. The van der Waals surface area contributed by atoms with Gasteiger partial charge in [0.2, 0.25) is 70.9 Å². The molecule has 139 heavy (non-hydrogen) atoms. The van der Waals surface area contributed by atoms with Crippen molar-refractivity contribution < 1.29 is 86.1 Å². The number of Topliss-reactive ketones (excluding diaryl/α,β-unsaturated/α-hetero) is 2. The molecule has 9 fully saturated rings. The molecule has 0 radical (unpaired) electrons. The van der Waals surface area contributed by atoms with Gasteiger partial charge in [0.15, 0.2) is 0 Å². The molecule has 8 heterocycles. The Morgan fingerprint density at radius 1 is 0.245 bits per heavy atom. The normalized spacial score (nSPS) is 22.0. The Bertz CT molecular complexity index is 3870. The molecule has 9 aliphatic rings. The largest absolute Gasteiger partial charge is 0.379 e. The van der Waals surface area contributed by atoms with E-state index in [1.54, 1.807) is 0 Å². The first kappa shape index (κ1) is 121. The Kier molecular flexibility index (Phi) is 49.7. The number of amides is 12. The van der Waals surface area contributed by atoms with Crippen LogP contribution in [0.2, 0.25) is 0 Å². The molecule has 8 aliphatic heterocycles. The second-order valence-electron chi connectivity index (χ2n) is 50.9. The summed E-state index contributed by atoms with van der Waals surface area (Å²) in [5.74, 6) is 3.70. The third kappa shape index (κ3) is 41.6. The summed E-state index contributed by atoms with van der Waals surface area (Å²) in [5, 5.41) is 0. The van der Waals surface area contributed by atoms with E-state index in [0.717, 1.165) is 219 Å². The summed E-state index contributed by atoms with van der Waals surface area (Å²) in [7, 11) is 0. The van der Waals surface area contributed by atoms with Crippen LogP contribution in [0.3, 0.4) is 0 Å². The van der Waals surface area contributed by atoms with Crippen LogP contribution in [0.5, 0.6) is 0 Å². The molecule has 0 N–H and O–H groups in total. The third-order valence-corrected chi connectivity index (χ3v) is 32.0. The first-order valence-electron chi connectivity index (χ1n) is 54.7. The predicted octanol–water partition coefficient (Wildman–Crippen LogP) is 20.0. The van der Waals surface area contributed by atoms with Crippen LogP contribution in [0, 0.1) is 102 Å². The first-order valence-corrected chi connectivity index (χ1v) is 54.7. The zero-order chi connectivity index (χ0) is 104. The van der Waals surface area contributed by atoms with Crippen LogP contribution >= 0.6 is 0 Å². The maximum Gasteiger partial charge on any atom is 0.233 e. The summed E-state index contributed by atoms with van der Waals surface area (Å²) >= 11 is 0. The van der Waals surface area contributed by atoms with Crippen molar-refractivity contribution in [2.45, 2.75) is 404 Å². The van der Waals surface area contributed by atoms with Crippen molar-refractivity contribution >= 4 is 82.5 Å². The SMILES string of the molecule is CC(C)(C)C1CCN(C(=O)CCCCCCC(=O)C2CCC(CN3C(=O)CC(C(C)(C)C)C3=O)CC2)CC1.CC(C)(C)C1CCN(C(=O)CCCCCCC(=O)CCCCCN2C(=O)CC(C(C)(C)C)C2=O)CC1.CC(C)(C)C1CCN(C(=O)CCCCCN2C(=O)CC(C(C)(C)C)C2=O)CC1.CC(C)(C)C1CCN(C(=O)CCOCCOCCOCCOCCN2C(=O)CC(C(C)(C)C)C2=O)CC1. The Labute approximate surface area is 840 Å². The highest BCUT2D eigenvalue weighted by atomic mass is 16.6. The molecule has 0 aromatic carbocycles. The minimum atomic E-state index is -0.252. The molecular formula is C113H196N8O18. The van der Waals surface area contributed by atoms with E-state index in [0.29, 0.717) is 211 Å². The number of unbranched alkanes of at least 4 members (excludes halogenated alkanes) is 10. The summed E-state index contributed by atoms with van der Waals surface area (Å²) in [5.41, 5.74) is 0.532. The topological polar surface area (TPSA) is 302 Å². The summed E-state index contributed by atoms with van der Waals surface area (Å²) in [4.78, 5) is 188. The van der Waals surface area contributed by atoms with Crippen LogP contribution < -0.4 is 0 Å². The van der Waals surface area contributed by atoms with E-state index in [1.165, 1.54) is 19.6 Å². The van der Waals surface area contributed by atoms with Gasteiger partial charge >= 0.3 is 0 Å². The number of hydrogen-bond donors (Lipinski definition) is 0. The van der Waals surface area contributed by atoms with Gasteiger partial charge in [-0.1, -0.05) is 205 Å². The van der Waals surface area contributed by atoms with Crippen molar-refractivity contribution in [1.29, 1.82) is 0 Å². The molecule has 26 nitrogen and oxygen atoms in total. The molecular weight excluding hydrogens is 1760 g/mol. The average molecular weight is 1950 g/mol. The monoisotopic (exact) mass is 1950 g/mol. The van der Waals surface area contributed by atoms with Crippen LogP contribution in [0.1, 0.15) is 404 Å². The lowest BCUT2D eigenvalue weighted by Gasteiger charge is -2.38. The number of rotatable bonds is 44. The van der Waals surface area contributed by atoms with E-state index < -0.39 is 0 Å². The Balaban J connectivity index is 0.000000286. The number of imide groups is 4. The maximum absolute atomic E-state index is 12.8. The highest BCUT2D eigenvalue weighted by Gasteiger charge is 2.49. The van der Waals surface area contributed by atoms with E-state index in [2.05, 4.69) is 88.0 Å². The van der Waals surface area contributed by atoms with E-state index in [1.807, 2.05) is 97.8 Å². The van der Waals surface area contributed by atoms with Gasteiger partial charge in [-0.05, 0) is 201 Å². The van der Waals surface area contributed by atoms with Crippen molar-refractivity contribution in [3.63, 3.8) is 0 Å². The fourth-order valence-electron chi connectivity index (χ4n) is 21.7. The smallest absolute Gasteiger partial charge is 0.233 e. The van der Waals surface area contributed by atoms with E-state index in [9.17, 15) is 67.1 Å². The van der Waals surface area contributed by atoms with Crippen molar-refractivity contribution in [2.75, 3.05) is 131 Å². The number of piperidine rings is 4. The number of ketones is 2.